The highest BCUT2D eigenvalue weighted by molar-refractivity contribution is 6.31. The van der Waals surface area contributed by atoms with Gasteiger partial charge in [-0.15, -0.1) is 0 Å². The standard InChI is InChI=1S/C13H12ClFN4/c14-10-7-9(3-4-11(10)15)18-13-16-6-5-12(19-13)17-8-1-2-8/h3-8H,1-2H2,(H2,16,17,18,19). The molecule has 0 amide bonds. The minimum Gasteiger partial charge on any atom is -0.367 e. The van der Waals surface area contributed by atoms with Crippen molar-refractivity contribution in [3.05, 3.63) is 41.3 Å². The molecule has 19 heavy (non-hydrogen) atoms. The summed E-state index contributed by atoms with van der Waals surface area (Å²) in [5.41, 5.74) is 0.648. The molecule has 1 aliphatic carbocycles. The first-order valence-corrected chi connectivity index (χ1v) is 6.40. The second kappa shape index (κ2) is 5.01. The minimum atomic E-state index is -0.447. The fraction of sp³-hybridized carbons (Fsp3) is 0.231. The van der Waals surface area contributed by atoms with Crippen molar-refractivity contribution < 1.29 is 4.39 Å². The second-order valence-electron chi connectivity index (χ2n) is 4.44. The van der Waals surface area contributed by atoms with E-state index in [2.05, 4.69) is 20.6 Å². The molecule has 0 aliphatic heterocycles. The van der Waals surface area contributed by atoms with Crippen LogP contribution in [0.1, 0.15) is 12.8 Å². The van der Waals surface area contributed by atoms with E-state index in [1.165, 1.54) is 25.0 Å². The van der Waals surface area contributed by atoms with Gasteiger partial charge in [-0.2, -0.15) is 4.98 Å². The van der Waals surface area contributed by atoms with E-state index in [0.29, 0.717) is 17.7 Å². The van der Waals surface area contributed by atoms with E-state index in [1.54, 1.807) is 12.3 Å². The zero-order chi connectivity index (χ0) is 13.2. The van der Waals surface area contributed by atoms with E-state index in [4.69, 9.17) is 11.6 Å². The van der Waals surface area contributed by atoms with Gasteiger partial charge in [0.15, 0.2) is 0 Å². The van der Waals surface area contributed by atoms with Gasteiger partial charge >= 0.3 is 0 Å². The SMILES string of the molecule is Fc1ccc(Nc2nccc(NC3CC3)n2)cc1Cl. The first kappa shape index (κ1) is 12.2. The lowest BCUT2D eigenvalue weighted by Crippen LogP contribution is -2.05. The van der Waals surface area contributed by atoms with Crippen LogP contribution in [0.25, 0.3) is 0 Å². The predicted molar refractivity (Wildman–Crippen MR) is 73.4 cm³/mol. The molecule has 1 fully saturated rings. The van der Waals surface area contributed by atoms with Gasteiger partial charge in [-0.05, 0) is 37.1 Å². The molecule has 2 N–H and O–H groups in total. The van der Waals surface area contributed by atoms with Crippen LogP contribution < -0.4 is 10.6 Å². The number of halogens is 2. The molecule has 3 rings (SSSR count). The zero-order valence-electron chi connectivity index (χ0n) is 10.0. The quantitative estimate of drug-likeness (QED) is 0.897. The smallest absolute Gasteiger partial charge is 0.229 e. The van der Waals surface area contributed by atoms with Crippen molar-refractivity contribution in [2.24, 2.45) is 0 Å². The summed E-state index contributed by atoms with van der Waals surface area (Å²) >= 11 is 5.72. The second-order valence-corrected chi connectivity index (χ2v) is 4.85. The average molecular weight is 279 g/mol. The minimum absolute atomic E-state index is 0.0669. The summed E-state index contributed by atoms with van der Waals surface area (Å²) in [4.78, 5) is 8.45. The highest BCUT2D eigenvalue weighted by Crippen LogP contribution is 2.25. The summed E-state index contributed by atoms with van der Waals surface area (Å²) in [6.07, 6.45) is 4.03. The number of hydrogen-bond acceptors (Lipinski definition) is 4. The summed E-state index contributed by atoms with van der Waals surface area (Å²) in [5, 5.41) is 6.34. The molecule has 1 heterocycles. The lowest BCUT2D eigenvalue weighted by molar-refractivity contribution is 0.628. The maximum absolute atomic E-state index is 13.1. The number of hydrogen-bond donors (Lipinski definition) is 2. The molecule has 0 unspecified atom stereocenters. The molecule has 2 aromatic rings. The summed E-state index contributed by atoms with van der Waals surface area (Å²) in [6, 6.07) is 6.74. The Balaban J connectivity index is 1.75. The summed E-state index contributed by atoms with van der Waals surface area (Å²) in [7, 11) is 0. The lowest BCUT2D eigenvalue weighted by atomic mass is 10.3. The Bertz CT molecular complexity index is 601. The van der Waals surface area contributed by atoms with Gasteiger partial charge in [0.1, 0.15) is 11.6 Å². The third kappa shape index (κ3) is 3.12. The van der Waals surface area contributed by atoms with Gasteiger partial charge < -0.3 is 10.6 Å². The van der Waals surface area contributed by atoms with E-state index in [9.17, 15) is 4.39 Å². The van der Waals surface area contributed by atoms with Crippen molar-refractivity contribution >= 4 is 29.1 Å². The zero-order valence-corrected chi connectivity index (χ0v) is 10.8. The van der Waals surface area contributed by atoms with Crippen LogP contribution in [-0.2, 0) is 0 Å². The van der Waals surface area contributed by atoms with Gasteiger partial charge in [-0.3, -0.25) is 0 Å². The van der Waals surface area contributed by atoms with Crippen LogP contribution >= 0.6 is 11.6 Å². The molecule has 1 aromatic carbocycles. The molecule has 6 heteroatoms. The molecule has 98 valence electrons. The highest BCUT2D eigenvalue weighted by Gasteiger charge is 2.21. The maximum Gasteiger partial charge on any atom is 0.229 e. The normalized spacial score (nSPS) is 14.2. The third-order valence-electron chi connectivity index (χ3n) is 2.76. The Hall–Kier alpha value is -1.88. The lowest BCUT2D eigenvalue weighted by Gasteiger charge is -2.08. The molecule has 1 aromatic heterocycles. The largest absolute Gasteiger partial charge is 0.367 e. The van der Waals surface area contributed by atoms with Crippen LogP contribution in [0.3, 0.4) is 0 Å². The number of anilines is 3. The Kier molecular flexibility index (Phi) is 3.21. The molecule has 1 saturated carbocycles. The van der Waals surface area contributed by atoms with Crippen molar-refractivity contribution in [1.82, 2.24) is 9.97 Å². The molecule has 1 aliphatic rings. The van der Waals surface area contributed by atoms with Crippen molar-refractivity contribution in [2.75, 3.05) is 10.6 Å². The fourth-order valence-electron chi connectivity index (χ4n) is 1.64. The summed E-state index contributed by atoms with van der Waals surface area (Å²) < 4.78 is 13.1. The Labute approximate surface area is 115 Å². The van der Waals surface area contributed by atoms with Crippen molar-refractivity contribution in [2.45, 2.75) is 18.9 Å². The summed E-state index contributed by atoms with van der Waals surface area (Å²) in [5.74, 6) is 0.791. The molecule has 0 atom stereocenters. The first-order chi connectivity index (χ1) is 9.20. The van der Waals surface area contributed by atoms with Crippen LogP contribution in [0.5, 0.6) is 0 Å². The van der Waals surface area contributed by atoms with Crippen molar-refractivity contribution in [3.63, 3.8) is 0 Å². The van der Waals surface area contributed by atoms with Gasteiger partial charge in [0.25, 0.3) is 0 Å². The van der Waals surface area contributed by atoms with Gasteiger partial charge in [-0.1, -0.05) is 11.6 Å². The van der Waals surface area contributed by atoms with Gasteiger partial charge in [0, 0.05) is 17.9 Å². The molecule has 0 radical (unpaired) electrons. The maximum atomic E-state index is 13.1. The Morgan fingerprint density at radius 1 is 1.26 bits per heavy atom. The van der Waals surface area contributed by atoms with Crippen LogP contribution in [0, 0.1) is 5.82 Å². The number of nitrogens with one attached hydrogen (secondary N) is 2. The third-order valence-corrected chi connectivity index (χ3v) is 3.05. The highest BCUT2D eigenvalue weighted by atomic mass is 35.5. The van der Waals surface area contributed by atoms with E-state index >= 15 is 0 Å². The molecular formula is C13H12ClFN4. The first-order valence-electron chi connectivity index (χ1n) is 6.02. The summed E-state index contributed by atoms with van der Waals surface area (Å²) in [6.45, 7) is 0. The van der Waals surface area contributed by atoms with Crippen LogP contribution in [0.4, 0.5) is 21.8 Å². The van der Waals surface area contributed by atoms with Gasteiger partial charge in [0.05, 0.1) is 5.02 Å². The number of benzene rings is 1. The molecule has 0 spiro atoms. The molecular weight excluding hydrogens is 267 g/mol. The monoisotopic (exact) mass is 278 g/mol. The van der Waals surface area contributed by atoms with E-state index in [1.807, 2.05) is 6.07 Å². The Morgan fingerprint density at radius 3 is 2.84 bits per heavy atom. The number of nitrogens with zero attached hydrogens (tertiary/aromatic N) is 2. The Morgan fingerprint density at radius 2 is 2.11 bits per heavy atom. The van der Waals surface area contributed by atoms with Crippen molar-refractivity contribution in [1.29, 1.82) is 0 Å². The van der Waals surface area contributed by atoms with E-state index in [-0.39, 0.29) is 5.02 Å². The van der Waals surface area contributed by atoms with Crippen LogP contribution in [-0.4, -0.2) is 16.0 Å². The predicted octanol–water partition coefficient (Wildman–Crippen LogP) is 3.59. The average Bonchev–Trinajstić information content (AvgIpc) is 3.18. The van der Waals surface area contributed by atoms with Gasteiger partial charge in [-0.25, -0.2) is 9.37 Å². The molecule has 0 saturated heterocycles. The van der Waals surface area contributed by atoms with Crippen LogP contribution in [0.2, 0.25) is 5.02 Å². The van der Waals surface area contributed by atoms with Crippen LogP contribution in [0.15, 0.2) is 30.5 Å². The fourth-order valence-corrected chi connectivity index (χ4v) is 1.82. The van der Waals surface area contributed by atoms with E-state index < -0.39 is 5.82 Å². The van der Waals surface area contributed by atoms with Gasteiger partial charge in [0.2, 0.25) is 5.95 Å². The van der Waals surface area contributed by atoms with Crippen molar-refractivity contribution in [3.8, 4) is 0 Å². The van der Waals surface area contributed by atoms with E-state index in [0.717, 1.165) is 5.82 Å². The topological polar surface area (TPSA) is 49.8 Å². The molecule has 4 nitrogen and oxygen atoms in total. The number of rotatable bonds is 4. The molecule has 0 bridgehead atoms. The number of aromatic nitrogens is 2.